The second-order valence-electron chi connectivity index (χ2n) is 5.81. The van der Waals surface area contributed by atoms with Crippen molar-refractivity contribution in [3.05, 3.63) is 28.8 Å². The van der Waals surface area contributed by atoms with E-state index in [1.54, 1.807) is 0 Å². The molecule has 0 aliphatic carbocycles. The topological polar surface area (TPSA) is 27.3 Å². The molecular formula is C16H27N3. The van der Waals surface area contributed by atoms with Crippen molar-refractivity contribution in [2.24, 2.45) is 0 Å². The molecule has 1 saturated heterocycles. The monoisotopic (exact) mass is 261 g/mol. The van der Waals surface area contributed by atoms with Crippen molar-refractivity contribution < 1.29 is 0 Å². The number of piperazine rings is 1. The number of nitrogens with zero attached hydrogens (tertiary/aromatic N) is 1. The quantitative estimate of drug-likeness (QED) is 0.871. The number of likely N-dealkylation sites (N-methyl/N-ethyl adjacent to an activating group) is 1. The van der Waals surface area contributed by atoms with Crippen molar-refractivity contribution in [3.8, 4) is 0 Å². The van der Waals surface area contributed by atoms with E-state index >= 15 is 0 Å². The van der Waals surface area contributed by atoms with Gasteiger partial charge >= 0.3 is 0 Å². The molecule has 1 unspecified atom stereocenters. The lowest BCUT2D eigenvalue weighted by Gasteiger charge is -2.33. The zero-order valence-corrected chi connectivity index (χ0v) is 12.7. The Bertz CT molecular complexity index is 428. The van der Waals surface area contributed by atoms with Gasteiger partial charge in [0.1, 0.15) is 0 Å². The highest BCUT2D eigenvalue weighted by Gasteiger charge is 2.17. The van der Waals surface area contributed by atoms with Crippen LogP contribution < -0.4 is 10.6 Å². The molecule has 2 rings (SSSR count). The zero-order chi connectivity index (χ0) is 13.8. The van der Waals surface area contributed by atoms with Crippen LogP contribution in [0.2, 0.25) is 0 Å². The van der Waals surface area contributed by atoms with Gasteiger partial charge in [-0.3, -0.25) is 0 Å². The maximum absolute atomic E-state index is 3.59. The van der Waals surface area contributed by atoms with Gasteiger partial charge < -0.3 is 15.5 Å². The minimum absolute atomic E-state index is 0.660. The first-order valence-electron chi connectivity index (χ1n) is 7.30. The molecule has 0 spiro atoms. The van der Waals surface area contributed by atoms with Crippen LogP contribution in [0, 0.1) is 20.8 Å². The van der Waals surface area contributed by atoms with Gasteiger partial charge in [0, 0.05) is 37.9 Å². The lowest BCUT2D eigenvalue weighted by Crippen LogP contribution is -2.49. The number of hydrogen-bond donors (Lipinski definition) is 2. The van der Waals surface area contributed by atoms with Gasteiger partial charge in [0.15, 0.2) is 0 Å². The van der Waals surface area contributed by atoms with Gasteiger partial charge in [-0.25, -0.2) is 0 Å². The van der Waals surface area contributed by atoms with Crippen LogP contribution in [0.3, 0.4) is 0 Å². The fourth-order valence-corrected chi connectivity index (χ4v) is 2.71. The number of benzene rings is 1. The van der Waals surface area contributed by atoms with Crippen LogP contribution in [0.25, 0.3) is 0 Å². The molecule has 0 amide bonds. The second-order valence-corrected chi connectivity index (χ2v) is 5.81. The van der Waals surface area contributed by atoms with Crippen LogP contribution >= 0.6 is 0 Å². The summed E-state index contributed by atoms with van der Waals surface area (Å²) in [6.45, 7) is 11.0. The Morgan fingerprint density at radius 1 is 1.21 bits per heavy atom. The highest BCUT2D eigenvalue weighted by molar-refractivity contribution is 5.54. The highest BCUT2D eigenvalue weighted by Crippen LogP contribution is 2.20. The summed E-state index contributed by atoms with van der Waals surface area (Å²) >= 11 is 0. The van der Waals surface area contributed by atoms with E-state index in [9.17, 15) is 0 Å². The first-order chi connectivity index (χ1) is 9.08. The molecule has 1 aliphatic rings. The van der Waals surface area contributed by atoms with Gasteiger partial charge in [-0.2, -0.15) is 0 Å². The molecule has 0 bridgehead atoms. The molecule has 0 saturated carbocycles. The van der Waals surface area contributed by atoms with Gasteiger partial charge in [-0.1, -0.05) is 6.07 Å². The fraction of sp³-hybridized carbons (Fsp3) is 0.625. The predicted molar refractivity (Wildman–Crippen MR) is 83.0 cm³/mol. The van der Waals surface area contributed by atoms with Crippen LogP contribution in [0.5, 0.6) is 0 Å². The van der Waals surface area contributed by atoms with Crippen LogP contribution in [0.4, 0.5) is 5.69 Å². The Hall–Kier alpha value is -1.06. The Morgan fingerprint density at radius 3 is 2.68 bits per heavy atom. The summed E-state index contributed by atoms with van der Waals surface area (Å²) in [5.41, 5.74) is 5.37. The van der Waals surface area contributed by atoms with Crippen molar-refractivity contribution in [2.75, 3.05) is 38.5 Å². The summed E-state index contributed by atoms with van der Waals surface area (Å²) < 4.78 is 0. The van der Waals surface area contributed by atoms with Crippen LogP contribution in [0.15, 0.2) is 12.1 Å². The van der Waals surface area contributed by atoms with Crippen LogP contribution in [-0.4, -0.2) is 44.2 Å². The third kappa shape index (κ3) is 3.71. The number of nitrogens with one attached hydrogen (secondary N) is 2. The SMILES string of the molecule is Cc1cc(C)c(NCCC2CNCCN2C)cc1C. The van der Waals surface area contributed by atoms with E-state index in [1.165, 1.54) is 28.8 Å². The minimum Gasteiger partial charge on any atom is -0.385 e. The standard InChI is InChI=1S/C16H27N3/c1-12-9-14(3)16(10-13(12)2)18-6-5-15-11-17-7-8-19(15)4/h9-10,15,17-18H,5-8,11H2,1-4H3. The lowest BCUT2D eigenvalue weighted by atomic mass is 10.0. The van der Waals surface area contributed by atoms with Gasteiger partial charge in [0.25, 0.3) is 0 Å². The van der Waals surface area contributed by atoms with Gasteiger partial charge in [-0.15, -0.1) is 0 Å². The van der Waals surface area contributed by atoms with E-state index in [2.05, 4.69) is 55.5 Å². The molecule has 1 aromatic carbocycles. The minimum atomic E-state index is 0.660. The second kappa shape index (κ2) is 6.40. The van der Waals surface area contributed by atoms with Crippen molar-refractivity contribution in [1.82, 2.24) is 10.2 Å². The molecule has 106 valence electrons. The molecule has 3 heteroatoms. The number of hydrogen-bond acceptors (Lipinski definition) is 3. The maximum atomic E-state index is 3.59. The van der Waals surface area contributed by atoms with E-state index in [-0.39, 0.29) is 0 Å². The fourth-order valence-electron chi connectivity index (χ4n) is 2.71. The van der Waals surface area contributed by atoms with E-state index in [4.69, 9.17) is 0 Å². The molecule has 1 atom stereocenters. The zero-order valence-electron chi connectivity index (χ0n) is 12.7. The molecule has 0 radical (unpaired) electrons. The van der Waals surface area contributed by atoms with Gasteiger partial charge in [0.05, 0.1) is 0 Å². The third-order valence-corrected chi connectivity index (χ3v) is 4.28. The molecule has 2 N–H and O–H groups in total. The summed E-state index contributed by atoms with van der Waals surface area (Å²) in [5.74, 6) is 0. The highest BCUT2D eigenvalue weighted by atomic mass is 15.2. The molecule has 1 aliphatic heterocycles. The number of anilines is 1. The Kier molecular flexibility index (Phi) is 4.83. The summed E-state index contributed by atoms with van der Waals surface area (Å²) in [5, 5.41) is 7.07. The normalized spacial score (nSPS) is 20.5. The van der Waals surface area contributed by atoms with Crippen LogP contribution in [0.1, 0.15) is 23.1 Å². The van der Waals surface area contributed by atoms with Crippen molar-refractivity contribution in [3.63, 3.8) is 0 Å². The van der Waals surface area contributed by atoms with E-state index in [0.29, 0.717) is 6.04 Å². The van der Waals surface area contributed by atoms with E-state index in [1.807, 2.05) is 0 Å². The lowest BCUT2D eigenvalue weighted by molar-refractivity contribution is 0.194. The van der Waals surface area contributed by atoms with E-state index < -0.39 is 0 Å². The Morgan fingerprint density at radius 2 is 1.95 bits per heavy atom. The summed E-state index contributed by atoms with van der Waals surface area (Å²) in [6, 6.07) is 5.20. The van der Waals surface area contributed by atoms with Gasteiger partial charge in [0.2, 0.25) is 0 Å². The van der Waals surface area contributed by atoms with Crippen molar-refractivity contribution in [1.29, 1.82) is 0 Å². The van der Waals surface area contributed by atoms with Gasteiger partial charge in [-0.05, 0) is 57.0 Å². The predicted octanol–water partition coefficient (Wildman–Crippen LogP) is 2.32. The average Bonchev–Trinajstić information content (AvgIpc) is 2.38. The molecule has 1 aromatic rings. The van der Waals surface area contributed by atoms with Crippen molar-refractivity contribution in [2.45, 2.75) is 33.2 Å². The molecular weight excluding hydrogens is 234 g/mol. The number of aryl methyl sites for hydroxylation is 3. The molecule has 1 fully saturated rings. The first-order valence-corrected chi connectivity index (χ1v) is 7.30. The first kappa shape index (κ1) is 14.4. The van der Waals surface area contributed by atoms with Crippen LogP contribution in [-0.2, 0) is 0 Å². The summed E-state index contributed by atoms with van der Waals surface area (Å²) in [7, 11) is 2.23. The Labute approximate surface area is 117 Å². The Balaban J connectivity index is 1.87. The maximum Gasteiger partial charge on any atom is 0.0372 e. The molecule has 0 aromatic heterocycles. The summed E-state index contributed by atoms with van der Waals surface area (Å²) in [6.07, 6.45) is 1.19. The smallest absolute Gasteiger partial charge is 0.0372 e. The average molecular weight is 261 g/mol. The molecule has 19 heavy (non-hydrogen) atoms. The van der Waals surface area contributed by atoms with E-state index in [0.717, 1.165) is 26.2 Å². The third-order valence-electron chi connectivity index (χ3n) is 4.28. The number of rotatable bonds is 4. The largest absolute Gasteiger partial charge is 0.385 e. The molecule has 1 heterocycles. The van der Waals surface area contributed by atoms with Crippen molar-refractivity contribution >= 4 is 5.69 Å². The summed E-state index contributed by atoms with van der Waals surface area (Å²) in [4.78, 5) is 2.46. The molecule has 3 nitrogen and oxygen atoms in total.